The van der Waals surface area contributed by atoms with Gasteiger partial charge in [-0.2, -0.15) is 0 Å². The number of nitrogens with one attached hydrogen (secondary N) is 1. The minimum Gasteiger partial charge on any atom is -0.370 e. The van der Waals surface area contributed by atoms with Gasteiger partial charge < -0.3 is 11.1 Å². The molecule has 0 fully saturated rings. The van der Waals surface area contributed by atoms with Crippen LogP contribution in [0.1, 0.15) is 22.5 Å². The third kappa shape index (κ3) is 4.06. The van der Waals surface area contributed by atoms with Gasteiger partial charge in [-0.3, -0.25) is 4.99 Å². The highest BCUT2D eigenvalue weighted by Crippen LogP contribution is 2.18. The van der Waals surface area contributed by atoms with Crippen molar-refractivity contribution in [3.63, 3.8) is 0 Å². The van der Waals surface area contributed by atoms with Gasteiger partial charge in [0.2, 0.25) is 0 Å². The molecule has 106 valence electrons. The summed E-state index contributed by atoms with van der Waals surface area (Å²) in [4.78, 5) is 10.2. The van der Waals surface area contributed by atoms with E-state index in [1.807, 2.05) is 30.3 Å². The molecule has 20 heavy (non-hydrogen) atoms. The molecule has 0 spiro atoms. The predicted octanol–water partition coefficient (Wildman–Crippen LogP) is 2.98. The summed E-state index contributed by atoms with van der Waals surface area (Å²) < 4.78 is 0. The smallest absolute Gasteiger partial charge is 0.193 e. The molecule has 0 aliphatic heterocycles. The lowest BCUT2D eigenvalue weighted by molar-refractivity contribution is 0.925. The Morgan fingerprint density at radius 1 is 1.35 bits per heavy atom. The lowest BCUT2D eigenvalue weighted by Crippen LogP contribution is -2.23. The fourth-order valence-electron chi connectivity index (χ4n) is 1.90. The van der Waals surface area contributed by atoms with Gasteiger partial charge in [0.15, 0.2) is 5.96 Å². The van der Waals surface area contributed by atoms with Crippen molar-refractivity contribution in [3.8, 4) is 0 Å². The zero-order valence-electron chi connectivity index (χ0n) is 11.9. The fourth-order valence-corrected chi connectivity index (χ4v) is 2.91. The summed E-state index contributed by atoms with van der Waals surface area (Å²) in [5.74, 6) is 0.445. The van der Waals surface area contributed by atoms with Gasteiger partial charge in [-0.15, -0.1) is 11.3 Å². The van der Waals surface area contributed by atoms with Crippen LogP contribution in [0.25, 0.3) is 0 Å². The molecule has 1 heterocycles. The highest BCUT2D eigenvalue weighted by Gasteiger charge is 2.05. The number of hydrogen-bond acceptors (Lipinski definition) is 3. The lowest BCUT2D eigenvalue weighted by Gasteiger charge is -2.04. The SMILES string of the molecule is CCc1nc(CCN=C(N)Nc2ccccc2)sc1C. The molecule has 0 aliphatic rings. The van der Waals surface area contributed by atoms with Gasteiger partial charge in [0, 0.05) is 23.5 Å². The van der Waals surface area contributed by atoms with Crippen LogP contribution in [0.2, 0.25) is 0 Å². The Balaban J connectivity index is 1.86. The normalized spacial score (nSPS) is 11.6. The molecule has 0 unspecified atom stereocenters. The van der Waals surface area contributed by atoms with Crippen molar-refractivity contribution in [1.29, 1.82) is 0 Å². The van der Waals surface area contributed by atoms with E-state index >= 15 is 0 Å². The Labute approximate surface area is 123 Å². The van der Waals surface area contributed by atoms with Crippen LogP contribution in [-0.2, 0) is 12.8 Å². The number of rotatable bonds is 5. The monoisotopic (exact) mass is 288 g/mol. The number of aromatic nitrogens is 1. The Morgan fingerprint density at radius 2 is 2.10 bits per heavy atom. The molecule has 0 saturated carbocycles. The highest BCUT2D eigenvalue weighted by atomic mass is 32.1. The van der Waals surface area contributed by atoms with E-state index in [9.17, 15) is 0 Å². The van der Waals surface area contributed by atoms with Crippen LogP contribution in [0, 0.1) is 6.92 Å². The Kier molecular flexibility index (Phi) is 5.12. The van der Waals surface area contributed by atoms with Crippen LogP contribution < -0.4 is 11.1 Å². The molecule has 1 aromatic heterocycles. The number of aliphatic imine (C=N–C) groups is 1. The zero-order valence-corrected chi connectivity index (χ0v) is 12.7. The first-order valence-corrected chi connectivity index (χ1v) is 7.58. The summed E-state index contributed by atoms with van der Waals surface area (Å²) in [6.45, 7) is 4.90. The first-order valence-electron chi connectivity index (χ1n) is 6.76. The zero-order chi connectivity index (χ0) is 14.4. The van der Waals surface area contributed by atoms with Crippen molar-refractivity contribution >= 4 is 23.0 Å². The maximum Gasteiger partial charge on any atom is 0.193 e. The fraction of sp³-hybridized carbons (Fsp3) is 0.333. The van der Waals surface area contributed by atoms with Gasteiger partial charge in [-0.1, -0.05) is 25.1 Å². The van der Waals surface area contributed by atoms with Gasteiger partial charge >= 0.3 is 0 Å². The van der Waals surface area contributed by atoms with Crippen molar-refractivity contribution in [1.82, 2.24) is 4.98 Å². The molecule has 0 atom stereocenters. The number of anilines is 1. The highest BCUT2D eigenvalue weighted by molar-refractivity contribution is 7.11. The number of aryl methyl sites for hydroxylation is 2. The van der Waals surface area contributed by atoms with E-state index in [2.05, 4.69) is 29.1 Å². The molecule has 2 aromatic rings. The van der Waals surface area contributed by atoms with Gasteiger partial charge in [0.1, 0.15) is 0 Å². The first-order chi connectivity index (χ1) is 9.69. The third-order valence-corrected chi connectivity index (χ3v) is 4.00. The molecule has 0 radical (unpaired) electrons. The first kappa shape index (κ1) is 14.5. The third-order valence-electron chi connectivity index (χ3n) is 2.93. The van der Waals surface area contributed by atoms with Crippen LogP contribution in [0.4, 0.5) is 5.69 Å². The largest absolute Gasteiger partial charge is 0.370 e. The topological polar surface area (TPSA) is 63.3 Å². The standard InChI is InChI=1S/C15H20N4S/c1-3-13-11(2)20-14(19-13)9-10-17-15(16)18-12-7-5-4-6-8-12/h4-8H,3,9-10H2,1-2H3,(H3,16,17,18). The van der Waals surface area contributed by atoms with Crippen LogP contribution in [0.15, 0.2) is 35.3 Å². The summed E-state index contributed by atoms with van der Waals surface area (Å²) in [5, 5.41) is 4.20. The second-order valence-corrected chi connectivity index (χ2v) is 5.76. The molecule has 0 amide bonds. The van der Waals surface area contributed by atoms with Gasteiger partial charge in [-0.25, -0.2) is 4.98 Å². The van der Waals surface area contributed by atoms with Crippen LogP contribution in [0.3, 0.4) is 0 Å². The average molecular weight is 288 g/mol. The summed E-state index contributed by atoms with van der Waals surface area (Å²) in [6.07, 6.45) is 1.83. The summed E-state index contributed by atoms with van der Waals surface area (Å²) in [7, 11) is 0. The number of guanidine groups is 1. The maximum absolute atomic E-state index is 5.85. The second-order valence-electron chi connectivity index (χ2n) is 4.47. The molecule has 3 N–H and O–H groups in total. The Hall–Kier alpha value is -1.88. The Bertz CT molecular complexity index is 575. The molecule has 0 bridgehead atoms. The maximum atomic E-state index is 5.85. The average Bonchev–Trinajstić information content (AvgIpc) is 2.80. The van der Waals surface area contributed by atoms with E-state index in [1.165, 1.54) is 10.6 Å². The number of nitrogens with zero attached hydrogens (tertiary/aromatic N) is 2. The van der Waals surface area contributed by atoms with E-state index in [0.29, 0.717) is 12.5 Å². The summed E-state index contributed by atoms with van der Waals surface area (Å²) in [5.41, 5.74) is 8.00. The molecule has 1 aromatic carbocycles. The predicted molar refractivity (Wildman–Crippen MR) is 86.5 cm³/mol. The molecular weight excluding hydrogens is 268 g/mol. The number of para-hydroxylation sites is 1. The van der Waals surface area contributed by atoms with Gasteiger partial charge in [-0.05, 0) is 25.5 Å². The van der Waals surface area contributed by atoms with E-state index in [0.717, 1.165) is 23.5 Å². The minimum atomic E-state index is 0.445. The quantitative estimate of drug-likeness (QED) is 0.656. The van der Waals surface area contributed by atoms with E-state index in [-0.39, 0.29) is 0 Å². The summed E-state index contributed by atoms with van der Waals surface area (Å²) in [6, 6.07) is 9.80. The summed E-state index contributed by atoms with van der Waals surface area (Å²) >= 11 is 1.75. The molecule has 2 rings (SSSR count). The van der Waals surface area contributed by atoms with Crippen molar-refractivity contribution < 1.29 is 0 Å². The number of benzene rings is 1. The molecule has 4 nitrogen and oxygen atoms in total. The minimum absolute atomic E-state index is 0.445. The van der Waals surface area contributed by atoms with E-state index < -0.39 is 0 Å². The van der Waals surface area contributed by atoms with E-state index in [1.54, 1.807) is 11.3 Å². The number of thiazole rings is 1. The van der Waals surface area contributed by atoms with E-state index in [4.69, 9.17) is 5.73 Å². The van der Waals surface area contributed by atoms with Crippen molar-refractivity contribution in [3.05, 3.63) is 45.9 Å². The van der Waals surface area contributed by atoms with Crippen molar-refractivity contribution in [2.75, 3.05) is 11.9 Å². The lowest BCUT2D eigenvalue weighted by atomic mass is 10.3. The van der Waals surface area contributed by atoms with Gasteiger partial charge in [0.05, 0.1) is 10.7 Å². The van der Waals surface area contributed by atoms with Crippen molar-refractivity contribution in [2.24, 2.45) is 10.7 Å². The second kappa shape index (κ2) is 7.05. The number of hydrogen-bond donors (Lipinski definition) is 2. The molecule has 5 heteroatoms. The van der Waals surface area contributed by atoms with Gasteiger partial charge in [0.25, 0.3) is 0 Å². The molecule has 0 aliphatic carbocycles. The number of nitrogens with two attached hydrogens (primary N) is 1. The Morgan fingerprint density at radius 3 is 2.75 bits per heavy atom. The van der Waals surface area contributed by atoms with Crippen LogP contribution >= 0.6 is 11.3 Å². The molecular formula is C15H20N4S. The molecule has 0 saturated heterocycles. The van der Waals surface area contributed by atoms with Crippen LogP contribution in [-0.4, -0.2) is 17.5 Å². The van der Waals surface area contributed by atoms with Crippen molar-refractivity contribution in [2.45, 2.75) is 26.7 Å². The van der Waals surface area contributed by atoms with Crippen LogP contribution in [0.5, 0.6) is 0 Å².